The van der Waals surface area contributed by atoms with Crippen LogP contribution < -0.4 is 10.2 Å². The number of anilines is 2. The summed E-state index contributed by atoms with van der Waals surface area (Å²) in [6, 6.07) is 20.4. The number of hydrogen-bond donors (Lipinski definition) is 1. The standard InChI is InChI=1S/C24H20Cl2N2O2S/c1-2-15-5-3-8-19(11-15)28-22(29)14-31-24(28)17-6-4-7-18(12-17)27-23(30)16-9-10-20(25)21(26)13-16/h3-13,24H,2,14H2,1H3,(H,27,30)/t24-/m0/s1. The van der Waals surface area contributed by atoms with Crippen LogP contribution in [0, 0.1) is 0 Å². The average molecular weight is 471 g/mol. The van der Waals surface area contributed by atoms with Gasteiger partial charge in [-0.05, 0) is 60.0 Å². The fraction of sp³-hybridized carbons (Fsp3) is 0.167. The summed E-state index contributed by atoms with van der Waals surface area (Å²) < 4.78 is 0. The van der Waals surface area contributed by atoms with Gasteiger partial charge in [0.05, 0.1) is 15.8 Å². The minimum Gasteiger partial charge on any atom is -0.322 e. The van der Waals surface area contributed by atoms with E-state index in [4.69, 9.17) is 23.2 Å². The van der Waals surface area contributed by atoms with Crippen LogP contribution in [0.5, 0.6) is 0 Å². The maximum atomic E-state index is 12.7. The van der Waals surface area contributed by atoms with Crippen molar-refractivity contribution in [1.29, 1.82) is 0 Å². The van der Waals surface area contributed by atoms with Crippen molar-refractivity contribution in [2.75, 3.05) is 16.0 Å². The van der Waals surface area contributed by atoms with Crippen LogP contribution in [0.25, 0.3) is 0 Å². The van der Waals surface area contributed by atoms with Crippen LogP contribution in [0.3, 0.4) is 0 Å². The largest absolute Gasteiger partial charge is 0.322 e. The SMILES string of the molecule is CCc1cccc(N2C(=O)CS[C@H]2c2cccc(NC(=O)c3ccc(Cl)c(Cl)c3)c2)c1. The van der Waals surface area contributed by atoms with Crippen LogP contribution in [-0.2, 0) is 11.2 Å². The van der Waals surface area contributed by atoms with Gasteiger partial charge in [0.2, 0.25) is 5.91 Å². The molecule has 2 amide bonds. The maximum absolute atomic E-state index is 12.7. The molecule has 0 aliphatic carbocycles. The number of amides is 2. The van der Waals surface area contributed by atoms with E-state index in [-0.39, 0.29) is 17.2 Å². The topological polar surface area (TPSA) is 49.4 Å². The predicted molar refractivity (Wildman–Crippen MR) is 129 cm³/mol. The number of nitrogens with one attached hydrogen (secondary N) is 1. The Hall–Kier alpha value is -2.47. The maximum Gasteiger partial charge on any atom is 0.255 e. The van der Waals surface area contributed by atoms with Gasteiger partial charge in [0.1, 0.15) is 5.37 Å². The smallest absolute Gasteiger partial charge is 0.255 e. The molecule has 3 aromatic rings. The minimum absolute atomic E-state index is 0.0773. The zero-order valence-corrected chi connectivity index (χ0v) is 19.1. The molecular weight excluding hydrogens is 451 g/mol. The lowest BCUT2D eigenvalue weighted by Gasteiger charge is -2.25. The monoisotopic (exact) mass is 470 g/mol. The van der Waals surface area contributed by atoms with Crippen LogP contribution >= 0.6 is 35.0 Å². The number of aryl methyl sites for hydroxylation is 1. The molecule has 1 atom stereocenters. The summed E-state index contributed by atoms with van der Waals surface area (Å²) in [5.41, 5.74) is 4.09. The Morgan fingerprint density at radius 2 is 1.87 bits per heavy atom. The lowest BCUT2D eigenvalue weighted by Crippen LogP contribution is -2.28. The highest BCUT2D eigenvalue weighted by atomic mass is 35.5. The van der Waals surface area contributed by atoms with Crippen molar-refractivity contribution >= 4 is 58.2 Å². The number of thioether (sulfide) groups is 1. The van der Waals surface area contributed by atoms with Crippen molar-refractivity contribution in [2.45, 2.75) is 18.7 Å². The summed E-state index contributed by atoms with van der Waals surface area (Å²) >= 11 is 13.5. The fourth-order valence-corrected chi connectivity index (χ4v) is 4.95. The van der Waals surface area contributed by atoms with Gasteiger partial charge in [-0.15, -0.1) is 11.8 Å². The molecule has 1 aliphatic rings. The van der Waals surface area contributed by atoms with E-state index in [1.54, 1.807) is 23.9 Å². The number of hydrogen-bond acceptors (Lipinski definition) is 3. The van der Waals surface area contributed by atoms with Crippen molar-refractivity contribution in [2.24, 2.45) is 0 Å². The molecule has 0 aromatic heterocycles. The Balaban J connectivity index is 1.58. The molecular formula is C24H20Cl2N2O2S. The molecule has 0 unspecified atom stereocenters. The molecule has 7 heteroatoms. The second-order valence-corrected chi connectivity index (χ2v) is 9.04. The average Bonchev–Trinajstić information content (AvgIpc) is 3.17. The highest BCUT2D eigenvalue weighted by Crippen LogP contribution is 2.42. The molecule has 0 radical (unpaired) electrons. The quantitative estimate of drug-likeness (QED) is 0.457. The van der Waals surface area contributed by atoms with Gasteiger partial charge < -0.3 is 5.32 Å². The van der Waals surface area contributed by atoms with Crippen LogP contribution in [0.1, 0.15) is 33.8 Å². The number of carbonyl (C=O) groups excluding carboxylic acids is 2. The van der Waals surface area contributed by atoms with E-state index in [1.807, 2.05) is 41.3 Å². The first kappa shape index (κ1) is 21.8. The zero-order valence-electron chi connectivity index (χ0n) is 16.8. The normalized spacial score (nSPS) is 15.9. The molecule has 1 N–H and O–H groups in total. The van der Waals surface area contributed by atoms with E-state index in [9.17, 15) is 9.59 Å². The van der Waals surface area contributed by atoms with Gasteiger partial charge in [0.15, 0.2) is 0 Å². The van der Waals surface area contributed by atoms with Gasteiger partial charge in [-0.1, -0.05) is 54.4 Å². The summed E-state index contributed by atoms with van der Waals surface area (Å²) in [6.07, 6.45) is 0.907. The van der Waals surface area contributed by atoms with Gasteiger partial charge in [0, 0.05) is 16.9 Å². The first-order chi connectivity index (χ1) is 15.0. The number of halogens is 2. The van der Waals surface area contributed by atoms with Gasteiger partial charge in [-0.25, -0.2) is 0 Å². The van der Waals surface area contributed by atoms with Crippen molar-refractivity contribution in [3.8, 4) is 0 Å². The lowest BCUT2D eigenvalue weighted by atomic mass is 10.1. The lowest BCUT2D eigenvalue weighted by molar-refractivity contribution is -0.115. The Labute approximate surface area is 195 Å². The van der Waals surface area contributed by atoms with Crippen LogP contribution in [0.15, 0.2) is 66.7 Å². The third-order valence-electron chi connectivity index (χ3n) is 5.08. The number of carbonyl (C=O) groups is 2. The van der Waals surface area contributed by atoms with E-state index < -0.39 is 0 Å². The molecule has 0 bridgehead atoms. The molecule has 3 aromatic carbocycles. The van der Waals surface area contributed by atoms with Gasteiger partial charge in [-0.2, -0.15) is 0 Å². The molecule has 158 valence electrons. The second kappa shape index (κ2) is 9.35. The molecule has 1 heterocycles. The highest BCUT2D eigenvalue weighted by molar-refractivity contribution is 8.00. The Morgan fingerprint density at radius 3 is 2.65 bits per heavy atom. The van der Waals surface area contributed by atoms with Crippen molar-refractivity contribution in [1.82, 2.24) is 0 Å². The Kier molecular flexibility index (Phi) is 6.56. The van der Waals surface area contributed by atoms with E-state index in [0.29, 0.717) is 27.0 Å². The fourth-order valence-electron chi connectivity index (χ4n) is 3.49. The molecule has 1 saturated heterocycles. The van der Waals surface area contributed by atoms with Crippen molar-refractivity contribution in [3.63, 3.8) is 0 Å². The van der Waals surface area contributed by atoms with Crippen LogP contribution in [-0.4, -0.2) is 17.6 Å². The van der Waals surface area contributed by atoms with E-state index in [2.05, 4.69) is 24.4 Å². The predicted octanol–water partition coefficient (Wildman–Crippen LogP) is 6.59. The first-order valence-electron chi connectivity index (χ1n) is 9.85. The third-order valence-corrected chi connectivity index (χ3v) is 7.03. The summed E-state index contributed by atoms with van der Waals surface area (Å²) in [4.78, 5) is 27.2. The van der Waals surface area contributed by atoms with Gasteiger partial charge in [0.25, 0.3) is 5.91 Å². The van der Waals surface area contributed by atoms with E-state index >= 15 is 0 Å². The molecule has 0 saturated carbocycles. The molecule has 1 aliphatic heterocycles. The van der Waals surface area contributed by atoms with Crippen molar-refractivity contribution < 1.29 is 9.59 Å². The number of benzene rings is 3. The number of nitrogens with zero attached hydrogens (tertiary/aromatic N) is 1. The summed E-state index contributed by atoms with van der Waals surface area (Å²) in [7, 11) is 0. The van der Waals surface area contributed by atoms with Crippen LogP contribution in [0.2, 0.25) is 10.0 Å². The van der Waals surface area contributed by atoms with Crippen LogP contribution in [0.4, 0.5) is 11.4 Å². The van der Waals surface area contributed by atoms with Crippen molar-refractivity contribution in [3.05, 3.63) is 93.5 Å². The van der Waals surface area contributed by atoms with Gasteiger partial charge in [-0.3, -0.25) is 14.5 Å². The van der Waals surface area contributed by atoms with Gasteiger partial charge >= 0.3 is 0 Å². The summed E-state index contributed by atoms with van der Waals surface area (Å²) in [5.74, 6) is 0.216. The molecule has 0 spiro atoms. The van der Waals surface area contributed by atoms with E-state index in [1.165, 1.54) is 11.6 Å². The summed E-state index contributed by atoms with van der Waals surface area (Å²) in [5, 5.41) is 3.47. The third kappa shape index (κ3) is 4.74. The molecule has 31 heavy (non-hydrogen) atoms. The Bertz CT molecular complexity index is 1150. The van der Waals surface area contributed by atoms with E-state index in [0.717, 1.165) is 17.7 Å². The highest BCUT2D eigenvalue weighted by Gasteiger charge is 2.34. The molecule has 1 fully saturated rings. The second-order valence-electron chi connectivity index (χ2n) is 7.16. The first-order valence-corrected chi connectivity index (χ1v) is 11.7. The molecule has 4 nitrogen and oxygen atoms in total. The molecule has 4 rings (SSSR count). The minimum atomic E-state index is -0.279. The zero-order chi connectivity index (χ0) is 22.0. The Morgan fingerprint density at radius 1 is 1.06 bits per heavy atom. The number of rotatable bonds is 5. The summed E-state index contributed by atoms with van der Waals surface area (Å²) in [6.45, 7) is 2.09.